The Morgan fingerprint density at radius 3 is 2.28 bits per heavy atom. The van der Waals surface area contributed by atoms with E-state index in [1.54, 1.807) is 0 Å². The molecule has 4 aromatic rings. The van der Waals surface area contributed by atoms with Crippen molar-refractivity contribution in [3.63, 3.8) is 0 Å². The lowest BCUT2D eigenvalue weighted by Crippen LogP contribution is -2.14. The molecule has 162 valence electrons. The number of carboxylic acids is 1. The second-order valence-corrected chi connectivity index (χ2v) is 7.64. The SMILES string of the molecule is Cc1oc(-c2ccccc2)nc1CCOc1ccc(C[C@@H](C(=O)O)c2ccccc2)cc1. The summed E-state index contributed by atoms with van der Waals surface area (Å²) in [5, 5.41) is 9.63. The van der Waals surface area contributed by atoms with Crippen LogP contribution in [-0.4, -0.2) is 22.7 Å². The van der Waals surface area contributed by atoms with Crippen LogP contribution in [0.1, 0.15) is 28.5 Å². The molecular weight excluding hydrogens is 402 g/mol. The third-order valence-electron chi connectivity index (χ3n) is 5.38. The van der Waals surface area contributed by atoms with Crippen molar-refractivity contribution in [3.05, 3.63) is 108 Å². The van der Waals surface area contributed by atoms with E-state index in [1.165, 1.54) is 0 Å². The topological polar surface area (TPSA) is 72.6 Å². The molecule has 0 aliphatic heterocycles. The molecule has 0 spiro atoms. The van der Waals surface area contributed by atoms with Gasteiger partial charge in [0.2, 0.25) is 5.89 Å². The number of carboxylic acid groups (broad SMARTS) is 1. The lowest BCUT2D eigenvalue weighted by Gasteiger charge is -2.13. The summed E-state index contributed by atoms with van der Waals surface area (Å²) in [6.45, 7) is 2.39. The van der Waals surface area contributed by atoms with Crippen molar-refractivity contribution in [3.8, 4) is 17.2 Å². The number of nitrogens with zero attached hydrogens (tertiary/aromatic N) is 1. The summed E-state index contributed by atoms with van der Waals surface area (Å²) in [4.78, 5) is 16.3. The van der Waals surface area contributed by atoms with Gasteiger partial charge >= 0.3 is 5.97 Å². The van der Waals surface area contributed by atoms with Crippen LogP contribution in [0, 0.1) is 6.92 Å². The summed E-state index contributed by atoms with van der Waals surface area (Å²) >= 11 is 0. The van der Waals surface area contributed by atoms with E-state index in [9.17, 15) is 9.90 Å². The van der Waals surface area contributed by atoms with Crippen molar-refractivity contribution in [2.75, 3.05) is 6.61 Å². The second-order valence-electron chi connectivity index (χ2n) is 7.64. The van der Waals surface area contributed by atoms with Crippen LogP contribution < -0.4 is 4.74 Å². The van der Waals surface area contributed by atoms with Crippen molar-refractivity contribution in [1.29, 1.82) is 0 Å². The molecule has 1 atom stereocenters. The van der Waals surface area contributed by atoms with Gasteiger partial charge in [0.25, 0.3) is 0 Å². The lowest BCUT2D eigenvalue weighted by atomic mass is 9.92. The van der Waals surface area contributed by atoms with E-state index in [2.05, 4.69) is 4.98 Å². The molecular formula is C27H25NO4. The van der Waals surface area contributed by atoms with Crippen LogP contribution in [-0.2, 0) is 17.6 Å². The van der Waals surface area contributed by atoms with Gasteiger partial charge in [0, 0.05) is 12.0 Å². The van der Waals surface area contributed by atoms with Crippen LogP contribution in [0.4, 0.5) is 0 Å². The first-order chi connectivity index (χ1) is 15.6. The zero-order valence-corrected chi connectivity index (χ0v) is 17.9. The Kier molecular flexibility index (Phi) is 6.66. The highest BCUT2D eigenvalue weighted by Crippen LogP contribution is 2.24. The van der Waals surface area contributed by atoms with E-state index in [0.717, 1.165) is 33.9 Å². The number of ether oxygens (including phenoxy) is 1. The summed E-state index contributed by atoms with van der Waals surface area (Å²) < 4.78 is 11.7. The number of hydrogen-bond acceptors (Lipinski definition) is 4. The van der Waals surface area contributed by atoms with Gasteiger partial charge in [-0.25, -0.2) is 4.98 Å². The first-order valence-corrected chi connectivity index (χ1v) is 10.6. The second kappa shape index (κ2) is 9.96. The van der Waals surface area contributed by atoms with Crippen LogP contribution >= 0.6 is 0 Å². The van der Waals surface area contributed by atoms with E-state index in [0.29, 0.717) is 25.3 Å². The highest BCUT2D eigenvalue weighted by atomic mass is 16.5. The molecule has 0 unspecified atom stereocenters. The van der Waals surface area contributed by atoms with Crippen LogP contribution in [0.2, 0.25) is 0 Å². The van der Waals surface area contributed by atoms with Crippen LogP contribution in [0.25, 0.3) is 11.5 Å². The number of aliphatic carboxylic acids is 1. The number of aryl methyl sites for hydroxylation is 1. The smallest absolute Gasteiger partial charge is 0.311 e. The molecule has 0 amide bonds. The zero-order chi connectivity index (χ0) is 22.3. The van der Waals surface area contributed by atoms with Crippen molar-refractivity contribution >= 4 is 5.97 Å². The third kappa shape index (κ3) is 5.24. The predicted octanol–water partition coefficient (Wildman–Crippen LogP) is 5.68. The summed E-state index contributed by atoms with van der Waals surface area (Å²) in [7, 11) is 0. The third-order valence-corrected chi connectivity index (χ3v) is 5.38. The van der Waals surface area contributed by atoms with E-state index < -0.39 is 11.9 Å². The fourth-order valence-corrected chi connectivity index (χ4v) is 3.62. The Labute approximate surface area is 187 Å². The molecule has 0 aliphatic carbocycles. The maximum absolute atomic E-state index is 11.7. The van der Waals surface area contributed by atoms with Crippen molar-refractivity contribution < 1.29 is 19.1 Å². The van der Waals surface area contributed by atoms with Gasteiger partial charge in [-0.05, 0) is 48.7 Å². The average Bonchev–Trinajstić information content (AvgIpc) is 3.20. The summed E-state index contributed by atoms with van der Waals surface area (Å²) in [5.74, 6) is 0.758. The van der Waals surface area contributed by atoms with Gasteiger partial charge < -0.3 is 14.3 Å². The number of oxazole rings is 1. The molecule has 5 heteroatoms. The molecule has 0 saturated heterocycles. The summed E-state index contributed by atoms with van der Waals surface area (Å²) in [5.41, 5.74) is 3.59. The fraction of sp³-hybridized carbons (Fsp3) is 0.185. The van der Waals surface area contributed by atoms with E-state index in [4.69, 9.17) is 9.15 Å². The lowest BCUT2D eigenvalue weighted by molar-refractivity contribution is -0.138. The van der Waals surface area contributed by atoms with Crippen LogP contribution in [0.3, 0.4) is 0 Å². The summed E-state index contributed by atoms with van der Waals surface area (Å²) in [6.07, 6.45) is 1.07. The molecule has 0 fully saturated rings. The molecule has 0 bridgehead atoms. The van der Waals surface area contributed by atoms with E-state index in [-0.39, 0.29) is 0 Å². The van der Waals surface area contributed by atoms with Gasteiger partial charge in [-0.15, -0.1) is 0 Å². The van der Waals surface area contributed by atoms with Gasteiger partial charge in [0.05, 0.1) is 18.2 Å². The molecule has 0 aliphatic rings. The Balaban J connectivity index is 1.34. The van der Waals surface area contributed by atoms with E-state index >= 15 is 0 Å². The van der Waals surface area contributed by atoms with E-state index in [1.807, 2.05) is 91.9 Å². The average molecular weight is 428 g/mol. The number of carbonyl (C=O) groups is 1. The van der Waals surface area contributed by atoms with Gasteiger partial charge in [0.15, 0.2) is 0 Å². The Morgan fingerprint density at radius 2 is 1.62 bits per heavy atom. The quantitative estimate of drug-likeness (QED) is 0.372. The number of rotatable bonds is 9. The fourth-order valence-electron chi connectivity index (χ4n) is 3.62. The Hall–Kier alpha value is -3.86. The molecule has 3 aromatic carbocycles. The molecule has 1 N–H and O–H groups in total. The zero-order valence-electron chi connectivity index (χ0n) is 17.9. The molecule has 4 rings (SSSR count). The van der Waals surface area contributed by atoms with Crippen LogP contribution in [0.15, 0.2) is 89.3 Å². The molecule has 5 nitrogen and oxygen atoms in total. The van der Waals surface area contributed by atoms with Gasteiger partial charge in [-0.2, -0.15) is 0 Å². The number of aromatic nitrogens is 1. The normalized spacial score (nSPS) is 11.8. The van der Waals surface area contributed by atoms with Gasteiger partial charge in [0.1, 0.15) is 11.5 Å². The predicted molar refractivity (Wildman–Crippen MR) is 123 cm³/mol. The minimum absolute atomic E-state index is 0.431. The molecule has 1 aromatic heterocycles. The van der Waals surface area contributed by atoms with Gasteiger partial charge in [-0.3, -0.25) is 4.79 Å². The first-order valence-electron chi connectivity index (χ1n) is 10.6. The van der Waals surface area contributed by atoms with Crippen LogP contribution in [0.5, 0.6) is 5.75 Å². The maximum atomic E-state index is 11.7. The molecule has 1 heterocycles. The minimum Gasteiger partial charge on any atom is -0.493 e. The van der Waals surface area contributed by atoms with Gasteiger partial charge in [-0.1, -0.05) is 60.7 Å². The highest BCUT2D eigenvalue weighted by molar-refractivity contribution is 5.76. The number of benzene rings is 3. The first kappa shape index (κ1) is 21.4. The standard InChI is InChI=1S/C27H25NO4/c1-19-25(28-26(32-19)22-10-6-3-7-11-22)16-17-31-23-14-12-20(13-15-23)18-24(27(29)30)21-8-4-2-5-9-21/h2-15,24H,16-18H2,1H3,(H,29,30)/t24-/m1/s1. The summed E-state index contributed by atoms with van der Waals surface area (Å²) in [6, 6.07) is 26.7. The minimum atomic E-state index is -0.825. The molecule has 0 saturated carbocycles. The highest BCUT2D eigenvalue weighted by Gasteiger charge is 2.20. The van der Waals surface area contributed by atoms with Crippen molar-refractivity contribution in [2.45, 2.75) is 25.7 Å². The number of hydrogen-bond donors (Lipinski definition) is 1. The maximum Gasteiger partial charge on any atom is 0.311 e. The van der Waals surface area contributed by atoms with Crippen molar-refractivity contribution in [2.24, 2.45) is 0 Å². The molecule has 0 radical (unpaired) electrons. The Bertz CT molecular complexity index is 1150. The largest absolute Gasteiger partial charge is 0.493 e. The monoisotopic (exact) mass is 427 g/mol. The molecule has 32 heavy (non-hydrogen) atoms. The Morgan fingerprint density at radius 1 is 0.969 bits per heavy atom. The van der Waals surface area contributed by atoms with Crippen molar-refractivity contribution in [1.82, 2.24) is 4.98 Å².